The van der Waals surface area contributed by atoms with Gasteiger partial charge >= 0.3 is 11.9 Å². The maximum atomic E-state index is 11.9. The van der Waals surface area contributed by atoms with Gasteiger partial charge in [0.2, 0.25) is 5.91 Å². The molecule has 1 atom stereocenters. The van der Waals surface area contributed by atoms with Crippen molar-refractivity contribution in [1.82, 2.24) is 5.32 Å². The molecule has 1 rings (SSSR count). The normalized spacial score (nSPS) is 11.4. The molecule has 1 aromatic carbocycles. The van der Waals surface area contributed by atoms with Crippen molar-refractivity contribution in [2.45, 2.75) is 12.5 Å². The minimum absolute atomic E-state index is 0.0629. The van der Waals surface area contributed by atoms with Crippen LogP contribution in [0.2, 0.25) is 0 Å². The lowest BCUT2D eigenvalue weighted by atomic mass is 10.1. The summed E-state index contributed by atoms with van der Waals surface area (Å²) in [5.74, 6) is -2.25. The van der Waals surface area contributed by atoms with Gasteiger partial charge in [0.15, 0.2) is 6.61 Å². The van der Waals surface area contributed by atoms with Gasteiger partial charge in [-0.1, -0.05) is 12.1 Å². The van der Waals surface area contributed by atoms with E-state index in [1.54, 1.807) is 12.1 Å². The molecule has 0 aliphatic rings. The van der Waals surface area contributed by atoms with E-state index in [4.69, 9.17) is 9.84 Å². The summed E-state index contributed by atoms with van der Waals surface area (Å²) in [6.45, 7) is -1.35. The fourth-order valence-corrected chi connectivity index (χ4v) is 1.59. The molecule has 8 nitrogen and oxygen atoms in total. The zero-order valence-electron chi connectivity index (χ0n) is 11.9. The summed E-state index contributed by atoms with van der Waals surface area (Å²) in [7, 11) is 1.15. The van der Waals surface area contributed by atoms with Crippen LogP contribution in [0.1, 0.15) is 5.56 Å². The van der Waals surface area contributed by atoms with Crippen LogP contribution in [0.15, 0.2) is 24.3 Å². The third-order valence-electron chi connectivity index (χ3n) is 2.70. The molecule has 0 aliphatic carbocycles. The molecule has 0 aromatic heterocycles. The summed E-state index contributed by atoms with van der Waals surface area (Å²) in [6, 6.07) is 4.93. The predicted molar refractivity (Wildman–Crippen MR) is 73.8 cm³/mol. The fourth-order valence-electron chi connectivity index (χ4n) is 1.59. The average Bonchev–Trinajstić information content (AvgIpc) is 2.53. The Kier molecular flexibility index (Phi) is 6.84. The number of carbonyl (C=O) groups is 3. The van der Waals surface area contributed by atoms with Gasteiger partial charge in [-0.05, 0) is 17.7 Å². The van der Waals surface area contributed by atoms with E-state index < -0.39 is 37.1 Å². The fraction of sp³-hybridized carbons (Fsp3) is 0.357. The molecule has 0 heterocycles. The second kappa shape index (κ2) is 8.63. The number of phenols is 1. The molecule has 0 radical (unpaired) electrons. The molecule has 120 valence electrons. The third-order valence-corrected chi connectivity index (χ3v) is 2.70. The first-order valence-electron chi connectivity index (χ1n) is 6.38. The standard InChI is InChI=1S/C14H17NO7/c1-21-13(19)8-22-14(20)11(15-12(18)7-16)6-9-2-4-10(17)5-3-9/h2-5,11,16-17H,6-8H2,1H3,(H,15,18). The molecule has 0 saturated carbocycles. The molecule has 22 heavy (non-hydrogen) atoms. The lowest BCUT2D eigenvalue weighted by molar-refractivity contribution is -0.158. The Bertz CT molecular complexity index is 526. The quantitative estimate of drug-likeness (QED) is 0.559. The molecule has 1 amide bonds. The number of ether oxygens (including phenoxy) is 2. The van der Waals surface area contributed by atoms with Crippen LogP contribution in [0, 0.1) is 0 Å². The van der Waals surface area contributed by atoms with Gasteiger partial charge in [-0.25, -0.2) is 9.59 Å². The van der Waals surface area contributed by atoms with Gasteiger partial charge in [-0.2, -0.15) is 0 Å². The number of nitrogens with one attached hydrogen (secondary N) is 1. The Morgan fingerprint density at radius 3 is 2.41 bits per heavy atom. The van der Waals surface area contributed by atoms with Gasteiger partial charge in [0.25, 0.3) is 0 Å². The Balaban J connectivity index is 2.73. The maximum Gasteiger partial charge on any atom is 0.344 e. The molecular formula is C14H17NO7. The van der Waals surface area contributed by atoms with Crippen LogP contribution in [0.25, 0.3) is 0 Å². The van der Waals surface area contributed by atoms with Crippen LogP contribution in [0.3, 0.4) is 0 Å². The third kappa shape index (κ3) is 5.80. The van der Waals surface area contributed by atoms with Crippen LogP contribution >= 0.6 is 0 Å². The lowest BCUT2D eigenvalue weighted by Gasteiger charge is -2.17. The Morgan fingerprint density at radius 1 is 1.23 bits per heavy atom. The molecule has 8 heteroatoms. The maximum absolute atomic E-state index is 11.9. The summed E-state index contributed by atoms with van der Waals surface area (Å²) in [6.07, 6.45) is 0.0754. The van der Waals surface area contributed by atoms with E-state index in [-0.39, 0.29) is 12.2 Å². The summed E-state index contributed by atoms with van der Waals surface area (Å²) >= 11 is 0. The molecule has 0 aliphatic heterocycles. The number of benzene rings is 1. The Morgan fingerprint density at radius 2 is 1.86 bits per heavy atom. The number of esters is 2. The topological polar surface area (TPSA) is 122 Å². The van der Waals surface area contributed by atoms with E-state index in [0.717, 1.165) is 7.11 Å². The summed E-state index contributed by atoms with van der Waals surface area (Å²) in [4.78, 5) is 34.1. The van der Waals surface area contributed by atoms with Crippen molar-refractivity contribution in [3.8, 4) is 5.75 Å². The van der Waals surface area contributed by atoms with Crippen molar-refractivity contribution in [3.63, 3.8) is 0 Å². The molecule has 0 bridgehead atoms. The molecule has 0 saturated heterocycles. The molecule has 1 aromatic rings. The first-order chi connectivity index (χ1) is 10.5. The van der Waals surface area contributed by atoms with Gasteiger partial charge in [-0.3, -0.25) is 4.79 Å². The smallest absolute Gasteiger partial charge is 0.344 e. The molecule has 3 N–H and O–H groups in total. The highest BCUT2D eigenvalue weighted by Gasteiger charge is 2.23. The number of methoxy groups -OCH3 is 1. The minimum atomic E-state index is -1.08. The van der Waals surface area contributed by atoms with Crippen LogP contribution in [0.5, 0.6) is 5.75 Å². The number of aliphatic hydroxyl groups is 1. The molecule has 0 fully saturated rings. The number of aliphatic hydroxyl groups excluding tert-OH is 1. The van der Waals surface area contributed by atoms with Gasteiger partial charge in [-0.15, -0.1) is 0 Å². The van der Waals surface area contributed by atoms with Gasteiger partial charge in [0.05, 0.1) is 7.11 Å². The summed E-state index contributed by atoms with van der Waals surface area (Å²) < 4.78 is 9.08. The van der Waals surface area contributed by atoms with Crippen molar-refractivity contribution < 1.29 is 34.1 Å². The second-order valence-electron chi connectivity index (χ2n) is 4.33. The Hall–Kier alpha value is -2.61. The molecule has 1 unspecified atom stereocenters. The van der Waals surface area contributed by atoms with Gasteiger partial charge in [0, 0.05) is 6.42 Å². The van der Waals surface area contributed by atoms with E-state index in [9.17, 15) is 19.5 Å². The lowest BCUT2D eigenvalue weighted by Crippen LogP contribution is -2.44. The van der Waals surface area contributed by atoms with E-state index in [2.05, 4.69) is 10.1 Å². The monoisotopic (exact) mass is 311 g/mol. The summed E-state index contributed by atoms with van der Waals surface area (Å²) in [5, 5.41) is 20.3. The van der Waals surface area contributed by atoms with Gasteiger partial charge < -0.3 is 25.0 Å². The van der Waals surface area contributed by atoms with E-state index in [0.29, 0.717) is 5.56 Å². The number of phenolic OH excluding ortho intramolecular Hbond substituents is 1. The number of amides is 1. The zero-order chi connectivity index (χ0) is 16.5. The largest absolute Gasteiger partial charge is 0.508 e. The van der Waals surface area contributed by atoms with E-state index >= 15 is 0 Å². The van der Waals surface area contributed by atoms with Crippen LogP contribution < -0.4 is 5.32 Å². The predicted octanol–water partition coefficient (Wildman–Crippen LogP) is -0.872. The highest BCUT2D eigenvalue weighted by Crippen LogP contribution is 2.12. The number of aromatic hydroxyl groups is 1. The van der Waals surface area contributed by atoms with E-state index in [1.807, 2.05) is 0 Å². The first-order valence-corrected chi connectivity index (χ1v) is 6.38. The van der Waals surface area contributed by atoms with Crippen molar-refractivity contribution in [3.05, 3.63) is 29.8 Å². The minimum Gasteiger partial charge on any atom is -0.508 e. The van der Waals surface area contributed by atoms with Crippen molar-refractivity contribution >= 4 is 17.8 Å². The van der Waals surface area contributed by atoms with Crippen molar-refractivity contribution in [2.75, 3.05) is 20.3 Å². The highest BCUT2D eigenvalue weighted by atomic mass is 16.6. The van der Waals surface area contributed by atoms with E-state index in [1.165, 1.54) is 12.1 Å². The summed E-state index contributed by atoms with van der Waals surface area (Å²) in [5.41, 5.74) is 0.649. The highest BCUT2D eigenvalue weighted by molar-refractivity contribution is 5.86. The number of carbonyl (C=O) groups excluding carboxylic acids is 3. The molecule has 0 spiro atoms. The van der Waals surface area contributed by atoms with Crippen molar-refractivity contribution in [1.29, 1.82) is 0 Å². The van der Waals surface area contributed by atoms with Crippen LogP contribution in [0.4, 0.5) is 0 Å². The second-order valence-corrected chi connectivity index (χ2v) is 4.33. The zero-order valence-corrected chi connectivity index (χ0v) is 11.9. The first kappa shape index (κ1) is 17.4. The average molecular weight is 311 g/mol. The van der Waals surface area contributed by atoms with Gasteiger partial charge in [0.1, 0.15) is 18.4 Å². The number of hydrogen-bond donors (Lipinski definition) is 3. The number of hydrogen-bond acceptors (Lipinski definition) is 7. The Labute approximate surface area is 126 Å². The van der Waals surface area contributed by atoms with Crippen LogP contribution in [-0.2, 0) is 30.3 Å². The SMILES string of the molecule is COC(=O)COC(=O)C(Cc1ccc(O)cc1)NC(=O)CO. The van der Waals surface area contributed by atoms with Crippen LogP contribution in [-0.4, -0.2) is 54.4 Å². The number of rotatable bonds is 7. The van der Waals surface area contributed by atoms with Crippen molar-refractivity contribution in [2.24, 2.45) is 0 Å². The molecular weight excluding hydrogens is 294 g/mol.